The van der Waals surface area contributed by atoms with Crippen LogP contribution in [0.15, 0.2) is 71.7 Å². The van der Waals surface area contributed by atoms with Gasteiger partial charge < -0.3 is 5.32 Å². The van der Waals surface area contributed by atoms with Crippen LogP contribution in [0, 0.1) is 19.7 Å². The number of aromatic nitrogens is 4. The minimum Gasteiger partial charge on any atom is -0.351 e. The highest BCUT2D eigenvalue weighted by molar-refractivity contribution is 5.92. The molecule has 0 saturated carbocycles. The second-order valence-electron chi connectivity index (χ2n) is 7.74. The second-order valence-corrected chi connectivity index (χ2v) is 7.74. The molecule has 2 aromatic heterocycles. The van der Waals surface area contributed by atoms with Crippen molar-refractivity contribution in [2.45, 2.75) is 26.7 Å². The normalized spacial score (nSPS) is 10.9. The van der Waals surface area contributed by atoms with E-state index >= 15 is 0 Å². The summed E-state index contributed by atoms with van der Waals surface area (Å²) in [6.45, 7) is 3.96. The lowest BCUT2D eigenvalue weighted by Crippen LogP contribution is -2.32. The molecule has 1 amide bonds. The zero-order valence-electron chi connectivity index (χ0n) is 18.5. The first-order chi connectivity index (χ1) is 15.9. The molecule has 0 aliphatic rings. The first-order valence-corrected chi connectivity index (χ1v) is 10.7. The lowest BCUT2D eigenvalue weighted by Gasteiger charge is -2.12. The quantitative estimate of drug-likeness (QED) is 0.441. The Hall–Kier alpha value is -4.07. The molecule has 0 radical (unpaired) electrons. The van der Waals surface area contributed by atoms with Crippen molar-refractivity contribution in [2.24, 2.45) is 0 Å². The predicted octanol–water partition coefficient (Wildman–Crippen LogP) is 3.54. The zero-order chi connectivity index (χ0) is 23.4. The van der Waals surface area contributed by atoms with Gasteiger partial charge in [-0.15, -0.1) is 0 Å². The molecule has 0 spiro atoms. The van der Waals surface area contributed by atoms with E-state index < -0.39 is 17.2 Å². The molecule has 0 bridgehead atoms. The van der Waals surface area contributed by atoms with Gasteiger partial charge in [0.1, 0.15) is 11.5 Å². The smallest absolute Gasteiger partial charge is 0.275 e. The molecule has 8 heteroatoms. The van der Waals surface area contributed by atoms with E-state index in [0.29, 0.717) is 18.7 Å². The lowest BCUT2D eigenvalue weighted by atomic mass is 10.1. The molecule has 2 aromatic carbocycles. The first-order valence-electron chi connectivity index (χ1n) is 10.7. The maximum atomic E-state index is 14.2. The SMILES string of the molecule is Cc1nn(-c2ccccc2)cc1CCCNC(=O)c1nn(-c2ccccc2F)c(C)cc1=O. The molecule has 0 unspecified atom stereocenters. The number of para-hydroxylation sites is 2. The van der Waals surface area contributed by atoms with Gasteiger partial charge in [0.2, 0.25) is 5.43 Å². The van der Waals surface area contributed by atoms with Gasteiger partial charge >= 0.3 is 0 Å². The molecule has 0 saturated heterocycles. The highest BCUT2D eigenvalue weighted by Gasteiger charge is 2.16. The number of nitrogens with zero attached hydrogens (tertiary/aromatic N) is 4. The minimum absolute atomic E-state index is 0.176. The number of hydrogen-bond acceptors (Lipinski definition) is 4. The molecule has 4 aromatic rings. The lowest BCUT2D eigenvalue weighted by molar-refractivity contribution is 0.0945. The van der Waals surface area contributed by atoms with Crippen LogP contribution in [0.5, 0.6) is 0 Å². The van der Waals surface area contributed by atoms with Crippen LogP contribution in [-0.4, -0.2) is 32.0 Å². The van der Waals surface area contributed by atoms with Crippen molar-refractivity contribution in [1.29, 1.82) is 0 Å². The largest absolute Gasteiger partial charge is 0.351 e. The van der Waals surface area contributed by atoms with Gasteiger partial charge in [-0.1, -0.05) is 30.3 Å². The van der Waals surface area contributed by atoms with Gasteiger partial charge in [0.15, 0.2) is 5.69 Å². The summed E-state index contributed by atoms with van der Waals surface area (Å²) in [6, 6.07) is 17.2. The monoisotopic (exact) mass is 445 g/mol. The Kier molecular flexibility index (Phi) is 6.44. The van der Waals surface area contributed by atoms with Gasteiger partial charge in [0.05, 0.1) is 11.4 Å². The number of nitrogens with one attached hydrogen (secondary N) is 1. The number of amides is 1. The molecule has 0 aliphatic heterocycles. The molecule has 0 atom stereocenters. The molecule has 33 heavy (non-hydrogen) atoms. The molecule has 4 rings (SSSR count). The van der Waals surface area contributed by atoms with Crippen molar-refractivity contribution in [3.8, 4) is 11.4 Å². The Morgan fingerprint density at radius 3 is 2.52 bits per heavy atom. The highest BCUT2D eigenvalue weighted by Crippen LogP contribution is 2.14. The number of halogens is 1. The Morgan fingerprint density at radius 1 is 1.03 bits per heavy atom. The fraction of sp³-hybridized carbons (Fsp3) is 0.200. The van der Waals surface area contributed by atoms with E-state index in [0.717, 1.165) is 23.4 Å². The summed E-state index contributed by atoms with van der Waals surface area (Å²) in [7, 11) is 0. The zero-order valence-corrected chi connectivity index (χ0v) is 18.5. The molecule has 168 valence electrons. The van der Waals surface area contributed by atoms with Gasteiger partial charge in [-0.05, 0) is 56.5 Å². The molecule has 2 heterocycles. The average molecular weight is 445 g/mol. The Morgan fingerprint density at radius 2 is 1.76 bits per heavy atom. The summed E-state index contributed by atoms with van der Waals surface area (Å²) in [5, 5.41) is 11.4. The Balaban J connectivity index is 1.41. The van der Waals surface area contributed by atoms with E-state index in [1.807, 2.05) is 48.1 Å². The minimum atomic E-state index is -0.582. The molecule has 1 N–H and O–H groups in total. The van der Waals surface area contributed by atoms with Crippen LogP contribution in [0.1, 0.15) is 33.9 Å². The first kappa shape index (κ1) is 22.1. The van der Waals surface area contributed by atoms with Crippen molar-refractivity contribution >= 4 is 5.91 Å². The summed E-state index contributed by atoms with van der Waals surface area (Å²) in [4.78, 5) is 25.0. The molecule has 7 nitrogen and oxygen atoms in total. The standard InChI is InChI=1S/C25H24FN5O2/c1-17-15-23(32)24(29-31(17)22-13-7-6-12-21(22)26)25(33)27-14-8-9-19-16-30(28-18(19)2)20-10-4-3-5-11-20/h3-7,10-13,15-16H,8-9,14H2,1-2H3,(H,27,33). The van der Waals surface area contributed by atoms with Gasteiger partial charge in [-0.2, -0.15) is 10.2 Å². The summed E-state index contributed by atoms with van der Waals surface area (Å²) in [6.07, 6.45) is 3.38. The Labute approximate surface area is 190 Å². The van der Waals surface area contributed by atoms with E-state index in [-0.39, 0.29) is 11.4 Å². The molecular weight excluding hydrogens is 421 g/mol. The van der Waals surface area contributed by atoms with E-state index in [4.69, 9.17) is 0 Å². The third-order valence-corrected chi connectivity index (χ3v) is 5.33. The number of carbonyl (C=O) groups excluding carboxylic acids is 1. The summed E-state index contributed by atoms with van der Waals surface area (Å²) >= 11 is 0. The van der Waals surface area contributed by atoms with Gasteiger partial charge in [-0.3, -0.25) is 9.59 Å². The number of benzene rings is 2. The number of hydrogen-bond donors (Lipinski definition) is 1. The number of rotatable bonds is 7. The van der Waals surface area contributed by atoms with Crippen LogP contribution < -0.4 is 10.7 Å². The second kappa shape index (κ2) is 9.60. The van der Waals surface area contributed by atoms with Crippen LogP contribution in [0.3, 0.4) is 0 Å². The van der Waals surface area contributed by atoms with Crippen LogP contribution >= 0.6 is 0 Å². The molecular formula is C25H24FN5O2. The number of aryl methyl sites for hydroxylation is 3. The van der Waals surface area contributed by atoms with Crippen LogP contribution in [-0.2, 0) is 6.42 Å². The average Bonchev–Trinajstić information content (AvgIpc) is 3.18. The molecule has 0 aliphatic carbocycles. The fourth-order valence-corrected chi connectivity index (χ4v) is 3.59. The van der Waals surface area contributed by atoms with Crippen molar-refractivity contribution in [2.75, 3.05) is 6.54 Å². The van der Waals surface area contributed by atoms with Crippen LogP contribution in [0.2, 0.25) is 0 Å². The summed E-state index contributed by atoms with van der Waals surface area (Å²) < 4.78 is 17.3. The van der Waals surface area contributed by atoms with Crippen molar-refractivity contribution in [1.82, 2.24) is 24.9 Å². The van der Waals surface area contributed by atoms with Gasteiger partial charge in [0.25, 0.3) is 5.91 Å². The van der Waals surface area contributed by atoms with Crippen molar-refractivity contribution in [3.63, 3.8) is 0 Å². The van der Waals surface area contributed by atoms with Crippen LogP contribution in [0.4, 0.5) is 4.39 Å². The number of carbonyl (C=O) groups is 1. The highest BCUT2D eigenvalue weighted by atomic mass is 19.1. The summed E-state index contributed by atoms with van der Waals surface area (Å²) in [5.41, 5.74) is 2.84. The molecule has 0 fully saturated rings. The predicted molar refractivity (Wildman–Crippen MR) is 123 cm³/mol. The fourth-order valence-electron chi connectivity index (χ4n) is 3.59. The maximum absolute atomic E-state index is 14.2. The van der Waals surface area contributed by atoms with E-state index in [1.165, 1.54) is 16.8 Å². The van der Waals surface area contributed by atoms with Crippen molar-refractivity contribution in [3.05, 3.63) is 106 Å². The van der Waals surface area contributed by atoms with E-state index in [2.05, 4.69) is 15.5 Å². The van der Waals surface area contributed by atoms with E-state index in [1.54, 1.807) is 25.1 Å². The maximum Gasteiger partial charge on any atom is 0.275 e. The summed E-state index contributed by atoms with van der Waals surface area (Å²) in [5.74, 6) is -1.07. The van der Waals surface area contributed by atoms with Crippen molar-refractivity contribution < 1.29 is 9.18 Å². The topological polar surface area (TPSA) is 81.8 Å². The van der Waals surface area contributed by atoms with Gasteiger partial charge in [-0.25, -0.2) is 13.8 Å². The van der Waals surface area contributed by atoms with Crippen LogP contribution in [0.25, 0.3) is 11.4 Å². The van der Waals surface area contributed by atoms with Gasteiger partial charge in [0, 0.05) is 24.5 Å². The third kappa shape index (κ3) is 4.90. The third-order valence-electron chi connectivity index (χ3n) is 5.33. The van der Waals surface area contributed by atoms with E-state index in [9.17, 15) is 14.0 Å². The Bertz CT molecular complexity index is 1340.